The first kappa shape index (κ1) is 15.1. The van der Waals surface area contributed by atoms with Gasteiger partial charge in [0.05, 0.1) is 22.4 Å². The lowest BCUT2D eigenvalue weighted by atomic mass is 10.0. The van der Waals surface area contributed by atoms with Gasteiger partial charge in [0.1, 0.15) is 0 Å². The second-order valence-electron chi connectivity index (χ2n) is 5.38. The van der Waals surface area contributed by atoms with Crippen LogP contribution in [0.1, 0.15) is 24.3 Å². The molecule has 0 aliphatic carbocycles. The zero-order chi connectivity index (χ0) is 15.2. The van der Waals surface area contributed by atoms with Crippen LogP contribution in [0.25, 0.3) is 11.4 Å². The summed E-state index contributed by atoms with van der Waals surface area (Å²) in [6, 6.07) is 5.79. The number of thiazole rings is 1. The topological polar surface area (TPSA) is 66.9 Å². The SMILES string of the molecule is O=C(NCCc1nc(-c2ccccn2)cs1)[C@H]1CCCCN1. The number of aromatic nitrogens is 2. The van der Waals surface area contributed by atoms with Crippen LogP contribution < -0.4 is 10.6 Å². The van der Waals surface area contributed by atoms with E-state index in [1.807, 2.05) is 23.6 Å². The van der Waals surface area contributed by atoms with E-state index < -0.39 is 0 Å². The Morgan fingerprint density at radius 3 is 3.09 bits per heavy atom. The van der Waals surface area contributed by atoms with Crippen molar-refractivity contribution in [3.05, 3.63) is 34.8 Å². The van der Waals surface area contributed by atoms with Crippen molar-refractivity contribution in [3.8, 4) is 11.4 Å². The Bertz CT molecular complexity index is 608. The third-order valence-corrected chi connectivity index (χ3v) is 4.65. The molecule has 3 rings (SSSR count). The fraction of sp³-hybridized carbons (Fsp3) is 0.438. The number of pyridine rings is 1. The third kappa shape index (κ3) is 3.90. The van der Waals surface area contributed by atoms with Crippen LogP contribution >= 0.6 is 11.3 Å². The van der Waals surface area contributed by atoms with E-state index in [1.54, 1.807) is 17.5 Å². The maximum atomic E-state index is 12.0. The summed E-state index contributed by atoms with van der Waals surface area (Å²) in [5.74, 6) is 0.112. The molecule has 0 aromatic carbocycles. The summed E-state index contributed by atoms with van der Waals surface area (Å²) in [7, 11) is 0. The van der Waals surface area contributed by atoms with Gasteiger partial charge in [-0.15, -0.1) is 11.3 Å². The number of hydrogen-bond donors (Lipinski definition) is 2. The minimum Gasteiger partial charge on any atom is -0.354 e. The number of nitrogens with one attached hydrogen (secondary N) is 2. The zero-order valence-corrected chi connectivity index (χ0v) is 13.2. The van der Waals surface area contributed by atoms with Gasteiger partial charge in [-0.05, 0) is 31.5 Å². The molecular formula is C16H20N4OS. The Hall–Kier alpha value is -1.79. The predicted molar refractivity (Wildman–Crippen MR) is 87.7 cm³/mol. The minimum atomic E-state index is -0.0193. The summed E-state index contributed by atoms with van der Waals surface area (Å²) < 4.78 is 0. The molecule has 5 nitrogen and oxygen atoms in total. The quantitative estimate of drug-likeness (QED) is 0.885. The second kappa shape index (κ2) is 7.47. The van der Waals surface area contributed by atoms with Crippen LogP contribution in [0.2, 0.25) is 0 Å². The number of carbonyl (C=O) groups excluding carboxylic acids is 1. The Balaban J connectivity index is 1.48. The predicted octanol–water partition coefficient (Wildman–Crippen LogP) is 2.01. The third-order valence-electron chi connectivity index (χ3n) is 3.74. The van der Waals surface area contributed by atoms with Gasteiger partial charge in [-0.2, -0.15) is 0 Å². The van der Waals surface area contributed by atoms with Gasteiger partial charge in [-0.1, -0.05) is 12.5 Å². The van der Waals surface area contributed by atoms with Gasteiger partial charge >= 0.3 is 0 Å². The molecule has 1 atom stereocenters. The van der Waals surface area contributed by atoms with Crippen LogP contribution in [0.5, 0.6) is 0 Å². The smallest absolute Gasteiger partial charge is 0.237 e. The number of nitrogens with zero attached hydrogens (tertiary/aromatic N) is 2. The number of hydrogen-bond acceptors (Lipinski definition) is 5. The van der Waals surface area contributed by atoms with Crippen molar-refractivity contribution >= 4 is 17.2 Å². The maximum Gasteiger partial charge on any atom is 0.237 e. The van der Waals surface area contributed by atoms with E-state index in [0.717, 1.165) is 42.2 Å². The van der Waals surface area contributed by atoms with Gasteiger partial charge in [0.15, 0.2) is 0 Å². The van der Waals surface area contributed by atoms with E-state index in [-0.39, 0.29) is 11.9 Å². The highest BCUT2D eigenvalue weighted by Crippen LogP contribution is 2.19. The molecule has 1 fully saturated rings. The average Bonchev–Trinajstić information content (AvgIpc) is 3.05. The summed E-state index contributed by atoms with van der Waals surface area (Å²) in [5.41, 5.74) is 1.79. The first-order valence-electron chi connectivity index (χ1n) is 7.70. The molecule has 3 heterocycles. The molecule has 1 amide bonds. The highest BCUT2D eigenvalue weighted by molar-refractivity contribution is 7.09. The van der Waals surface area contributed by atoms with Gasteiger partial charge in [0, 0.05) is 24.5 Å². The first-order valence-corrected chi connectivity index (χ1v) is 8.58. The molecule has 6 heteroatoms. The van der Waals surface area contributed by atoms with Crippen molar-refractivity contribution in [3.63, 3.8) is 0 Å². The second-order valence-corrected chi connectivity index (χ2v) is 6.33. The normalized spacial score (nSPS) is 18.1. The summed E-state index contributed by atoms with van der Waals surface area (Å²) in [6.45, 7) is 1.57. The number of carbonyl (C=O) groups is 1. The molecule has 22 heavy (non-hydrogen) atoms. The molecule has 0 spiro atoms. The lowest BCUT2D eigenvalue weighted by molar-refractivity contribution is -0.123. The van der Waals surface area contributed by atoms with Gasteiger partial charge in [0.2, 0.25) is 5.91 Å². The molecule has 1 saturated heterocycles. The van der Waals surface area contributed by atoms with Gasteiger partial charge in [0.25, 0.3) is 0 Å². The Morgan fingerprint density at radius 2 is 2.32 bits per heavy atom. The maximum absolute atomic E-state index is 12.0. The average molecular weight is 316 g/mol. The van der Waals surface area contributed by atoms with E-state index in [4.69, 9.17) is 0 Å². The molecule has 0 saturated carbocycles. The first-order chi connectivity index (χ1) is 10.8. The Kier molecular flexibility index (Phi) is 5.13. The summed E-state index contributed by atoms with van der Waals surface area (Å²) in [6.07, 6.45) is 5.76. The molecule has 0 unspecified atom stereocenters. The molecular weight excluding hydrogens is 296 g/mol. The molecule has 1 aliphatic heterocycles. The van der Waals surface area contributed by atoms with Crippen molar-refractivity contribution in [2.24, 2.45) is 0 Å². The molecule has 2 aromatic rings. The van der Waals surface area contributed by atoms with Gasteiger partial charge in [-0.25, -0.2) is 4.98 Å². The van der Waals surface area contributed by atoms with Crippen LogP contribution in [-0.2, 0) is 11.2 Å². The zero-order valence-electron chi connectivity index (χ0n) is 12.4. The van der Waals surface area contributed by atoms with Crippen LogP contribution in [0.15, 0.2) is 29.8 Å². The van der Waals surface area contributed by atoms with E-state index >= 15 is 0 Å². The minimum absolute atomic E-state index is 0.0193. The van der Waals surface area contributed by atoms with E-state index in [1.165, 1.54) is 6.42 Å². The van der Waals surface area contributed by atoms with Crippen molar-refractivity contribution in [1.82, 2.24) is 20.6 Å². The Morgan fingerprint density at radius 1 is 1.36 bits per heavy atom. The highest BCUT2D eigenvalue weighted by atomic mass is 32.1. The van der Waals surface area contributed by atoms with Crippen LogP contribution in [-0.4, -0.2) is 35.0 Å². The summed E-state index contributed by atoms with van der Waals surface area (Å²) in [5, 5.41) is 9.30. The van der Waals surface area contributed by atoms with Crippen molar-refractivity contribution < 1.29 is 4.79 Å². The largest absolute Gasteiger partial charge is 0.354 e. The summed E-state index contributed by atoms with van der Waals surface area (Å²) >= 11 is 1.61. The fourth-order valence-corrected chi connectivity index (χ4v) is 3.34. The molecule has 0 radical (unpaired) electrons. The summed E-state index contributed by atoms with van der Waals surface area (Å²) in [4.78, 5) is 20.9. The van der Waals surface area contributed by atoms with E-state index in [2.05, 4.69) is 20.6 Å². The van der Waals surface area contributed by atoms with E-state index in [0.29, 0.717) is 6.54 Å². The lowest BCUT2D eigenvalue weighted by Crippen LogP contribution is -2.47. The van der Waals surface area contributed by atoms with Gasteiger partial charge in [-0.3, -0.25) is 9.78 Å². The number of amides is 1. The molecule has 1 aliphatic rings. The number of piperidine rings is 1. The molecule has 2 N–H and O–H groups in total. The Labute approximate surface area is 134 Å². The van der Waals surface area contributed by atoms with Gasteiger partial charge < -0.3 is 10.6 Å². The van der Waals surface area contributed by atoms with Crippen LogP contribution in [0.3, 0.4) is 0 Å². The molecule has 116 valence electrons. The van der Waals surface area contributed by atoms with Crippen molar-refractivity contribution in [2.75, 3.05) is 13.1 Å². The van der Waals surface area contributed by atoms with Crippen molar-refractivity contribution in [1.29, 1.82) is 0 Å². The van der Waals surface area contributed by atoms with Crippen LogP contribution in [0.4, 0.5) is 0 Å². The standard InChI is InChI=1S/C16H20N4OS/c21-16(13-6-2-4-9-18-13)19-10-7-15-20-14(11-22-15)12-5-1-3-8-17-12/h1,3,5,8,11,13,18H,2,4,6-7,9-10H2,(H,19,21)/t13-/m1/s1. The highest BCUT2D eigenvalue weighted by Gasteiger charge is 2.19. The molecule has 2 aromatic heterocycles. The number of rotatable bonds is 5. The monoisotopic (exact) mass is 316 g/mol. The molecule has 0 bridgehead atoms. The lowest BCUT2D eigenvalue weighted by Gasteiger charge is -2.22. The fourth-order valence-electron chi connectivity index (χ4n) is 2.55. The van der Waals surface area contributed by atoms with Crippen molar-refractivity contribution in [2.45, 2.75) is 31.7 Å². The van der Waals surface area contributed by atoms with Crippen LogP contribution in [0, 0.1) is 0 Å². The van der Waals surface area contributed by atoms with E-state index in [9.17, 15) is 4.79 Å².